The molecule has 1 aromatic carbocycles. The Morgan fingerprint density at radius 2 is 1.88 bits per heavy atom. The summed E-state index contributed by atoms with van der Waals surface area (Å²) in [7, 11) is 0. The molecule has 0 unspecified atom stereocenters. The molecule has 3 heterocycles. The van der Waals surface area contributed by atoms with E-state index < -0.39 is 35.1 Å². The largest absolute Gasteiger partial charge is 0.359 e. The smallest absolute Gasteiger partial charge is 0.246 e. The van der Waals surface area contributed by atoms with Crippen molar-refractivity contribution in [2.45, 2.75) is 64.8 Å². The van der Waals surface area contributed by atoms with Crippen LogP contribution in [0.3, 0.4) is 0 Å². The first-order valence-corrected chi connectivity index (χ1v) is 11.3. The molecule has 0 aromatic heterocycles. The van der Waals surface area contributed by atoms with Gasteiger partial charge in [0.2, 0.25) is 17.7 Å². The number of fused-ring (bicyclic) bond motifs is 1. The van der Waals surface area contributed by atoms with Gasteiger partial charge in [-0.3, -0.25) is 14.4 Å². The van der Waals surface area contributed by atoms with Crippen LogP contribution in [0.25, 0.3) is 0 Å². The molecule has 4 rings (SSSR count). The van der Waals surface area contributed by atoms with Crippen LogP contribution in [0, 0.1) is 24.7 Å². The summed E-state index contributed by atoms with van der Waals surface area (Å²) >= 11 is 0. The standard InChI is InChI=1S/C25H33N3O4/c1-14(2)13-28-20(22(30)27-24(4,5)6)25-12-11-17(32-25)18(19(25)23(28)31)21(29)26-16-10-8-7-9-15(16)3/h7-12,14,17-20H,13H2,1-6H3,(H,26,29)(H,27,30)/t17-,18-,19-,20+,25-/m1/s1. The summed E-state index contributed by atoms with van der Waals surface area (Å²) in [6.07, 6.45) is 3.15. The van der Waals surface area contributed by atoms with Gasteiger partial charge in [-0.2, -0.15) is 0 Å². The zero-order valence-electron chi connectivity index (χ0n) is 19.6. The Bertz CT molecular complexity index is 980. The van der Waals surface area contributed by atoms with Gasteiger partial charge in [-0.1, -0.05) is 44.2 Å². The Morgan fingerprint density at radius 3 is 2.50 bits per heavy atom. The van der Waals surface area contributed by atoms with E-state index in [-0.39, 0.29) is 23.6 Å². The Morgan fingerprint density at radius 1 is 1.19 bits per heavy atom. The van der Waals surface area contributed by atoms with E-state index in [2.05, 4.69) is 10.6 Å². The summed E-state index contributed by atoms with van der Waals surface area (Å²) in [6, 6.07) is 6.73. The minimum Gasteiger partial charge on any atom is -0.359 e. The summed E-state index contributed by atoms with van der Waals surface area (Å²) in [5.41, 5.74) is 0.0709. The van der Waals surface area contributed by atoms with E-state index in [1.54, 1.807) is 4.90 Å². The van der Waals surface area contributed by atoms with Crippen LogP contribution in [0.4, 0.5) is 5.69 Å². The summed E-state index contributed by atoms with van der Waals surface area (Å²) in [4.78, 5) is 42.1. The maximum Gasteiger partial charge on any atom is 0.246 e. The van der Waals surface area contributed by atoms with Crippen LogP contribution >= 0.6 is 0 Å². The van der Waals surface area contributed by atoms with Crippen molar-refractivity contribution in [1.29, 1.82) is 0 Å². The third-order valence-corrected chi connectivity index (χ3v) is 6.39. The maximum absolute atomic E-state index is 13.7. The molecule has 3 aliphatic rings. The average molecular weight is 440 g/mol. The van der Waals surface area contributed by atoms with Crippen molar-refractivity contribution in [2.75, 3.05) is 11.9 Å². The molecule has 2 bridgehead atoms. The number of hydrogen-bond donors (Lipinski definition) is 2. The minimum absolute atomic E-state index is 0.166. The monoisotopic (exact) mass is 439 g/mol. The molecule has 3 aliphatic heterocycles. The van der Waals surface area contributed by atoms with Crippen LogP contribution in [-0.2, 0) is 19.1 Å². The lowest BCUT2D eigenvalue weighted by Gasteiger charge is -2.35. The number of likely N-dealkylation sites (tertiary alicyclic amines) is 1. The lowest BCUT2D eigenvalue weighted by Crippen LogP contribution is -2.58. The number of amides is 3. The summed E-state index contributed by atoms with van der Waals surface area (Å²) in [5.74, 6) is -1.94. The Balaban J connectivity index is 1.69. The fourth-order valence-corrected chi connectivity index (χ4v) is 5.22. The number of carbonyl (C=O) groups is 3. The number of ether oxygens (including phenoxy) is 1. The van der Waals surface area contributed by atoms with E-state index in [0.717, 1.165) is 5.56 Å². The molecular formula is C25H33N3O4. The van der Waals surface area contributed by atoms with E-state index >= 15 is 0 Å². The van der Waals surface area contributed by atoms with Crippen LogP contribution in [0.5, 0.6) is 0 Å². The number of rotatable bonds is 5. The number of nitrogens with one attached hydrogen (secondary N) is 2. The topological polar surface area (TPSA) is 87.7 Å². The van der Waals surface area contributed by atoms with Crippen LogP contribution in [-0.4, -0.2) is 52.5 Å². The molecule has 0 saturated carbocycles. The van der Waals surface area contributed by atoms with Gasteiger partial charge < -0.3 is 20.3 Å². The number of aryl methyl sites for hydroxylation is 1. The average Bonchev–Trinajstić information content (AvgIpc) is 3.30. The predicted molar refractivity (Wildman–Crippen MR) is 122 cm³/mol. The van der Waals surface area contributed by atoms with Gasteiger partial charge in [0.1, 0.15) is 11.6 Å². The molecule has 2 N–H and O–H groups in total. The molecule has 5 atom stereocenters. The predicted octanol–water partition coefficient (Wildman–Crippen LogP) is 2.65. The molecule has 2 fully saturated rings. The molecule has 1 aromatic rings. The van der Waals surface area contributed by atoms with Crippen molar-refractivity contribution < 1.29 is 19.1 Å². The lowest BCUT2D eigenvalue weighted by atomic mass is 9.74. The molecule has 3 amide bonds. The number of nitrogens with zero attached hydrogens (tertiary/aromatic N) is 1. The lowest BCUT2D eigenvalue weighted by molar-refractivity contribution is -0.142. The normalized spacial score (nSPS) is 30.7. The number of anilines is 1. The Hall–Kier alpha value is -2.67. The van der Waals surface area contributed by atoms with Crippen LogP contribution in [0.2, 0.25) is 0 Å². The fraction of sp³-hybridized carbons (Fsp3) is 0.560. The summed E-state index contributed by atoms with van der Waals surface area (Å²) in [6.45, 7) is 12.1. The quantitative estimate of drug-likeness (QED) is 0.691. The van der Waals surface area contributed by atoms with Crippen LogP contribution in [0.1, 0.15) is 40.2 Å². The number of benzene rings is 1. The van der Waals surface area contributed by atoms with E-state index in [0.29, 0.717) is 12.2 Å². The molecule has 0 radical (unpaired) electrons. The second-order valence-electron chi connectivity index (χ2n) is 10.6. The number of hydrogen-bond acceptors (Lipinski definition) is 4. The molecular weight excluding hydrogens is 406 g/mol. The first kappa shape index (κ1) is 22.5. The van der Waals surface area contributed by atoms with E-state index in [4.69, 9.17) is 4.74 Å². The maximum atomic E-state index is 13.7. The second kappa shape index (κ2) is 7.73. The molecule has 7 heteroatoms. The Kier molecular flexibility index (Phi) is 5.44. The van der Waals surface area contributed by atoms with Crippen molar-refractivity contribution in [3.05, 3.63) is 42.0 Å². The highest BCUT2D eigenvalue weighted by Crippen LogP contribution is 2.55. The third-order valence-electron chi connectivity index (χ3n) is 6.39. The van der Waals surface area contributed by atoms with Gasteiger partial charge in [-0.15, -0.1) is 0 Å². The summed E-state index contributed by atoms with van der Waals surface area (Å²) in [5, 5.41) is 6.00. The highest BCUT2D eigenvalue weighted by atomic mass is 16.5. The van der Waals surface area contributed by atoms with E-state index in [1.165, 1.54) is 0 Å². The van der Waals surface area contributed by atoms with Gasteiger partial charge in [-0.05, 0) is 45.2 Å². The SMILES string of the molecule is Cc1ccccc1NC(=O)[C@@H]1[C@H]2C=C[C@]3(O2)[C@H](C(=O)NC(C)(C)C)N(CC(C)C)C(=O)[C@@H]13. The van der Waals surface area contributed by atoms with Crippen molar-refractivity contribution >= 4 is 23.4 Å². The van der Waals surface area contributed by atoms with E-state index in [1.807, 2.05) is 78.0 Å². The van der Waals surface area contributed by atoms with Gasteiger partial charge in [-0.25, -0.2) is 0 Å². The zero-order chi connectivity index (χ0) is 23.4. The molecule has 1 spiro atoms. The van der Waals surface area contributed by atoms with Crippen molar-refractivity contribution in [2.24, 2.45) is 17.8 Å². The minimum atomic E-state index is -1.13. The fourth-order valence-electron chi connectivity index (χ4n) is 5.22. The first-order chi connectivity index (χ1) is 14.9. The Labute approximate surface area is 189 Å². The molecule has 7 nitrogen and oxygen atoms in total. The van der Waals surface area contributed by atoms with Gasteiger partial charge in [0, 0.05) is 17.8 Å². The zero-order valence-corrected chi connectivity index (χ0v) is 19.6. The van der Waals surface area contributed by atoms with Gasteiger partial charge >= 0.3 is 0 Å². The van der Waals surface area contributed by atoms with Gasteiger partial charge in [0.15, 0.2) is 0 Å². The van der Waals surface area contributed by atoms with Crippen LogP contribution in [0.15, 0.2) is 36.4 Å². The first-order valence-electron chi connectivity index (χ1n) is 11.3. The van der Waals surface area contributed by atoms with Crippen molar-refractivity contribution in [1.82, 2.24) is 10.2 Å². The van der Waals surface area contributed by atoms with Crippen molar-refractivity contribution in [3.8, 4) is 0 Å². The molecule has 0 aliphatic carbocycles. The van der Waals surface area contributed by atoms with E-state index in [9.17, 15) is 14.4 Å². The molecule has 32 heavy (non-hydrogen) atoms. The highest BCUT2D eigenvalue weighted by Gasteiger charge is 2.72. The highest BCUT2D eigenvalue weighted by molar-refractivity contribution is 6.03. The third kappa shape index (κ3) is 3.62. The molecule has 2 saturated heterocycles. The second-order valence-corrected chi connectivity index (χ2v) is 10.6. The van der Waals surface area contributed by atoms with Gasteiger partial charge in [0.05, 0.1) is 17.9 Å². The van der Waals surface area contributed by atoms with Gasteiger partial charge in [0.25, 0.3) is 0 Å². The molecule has 172 valence electrons. The number of para-hydroxylation sites is 1. The van der Waals surface area contributed by atoms with Crippen LogP contribution < -0.4 is 10.6 Å². The number of carbonyl (C=O) groups excluding carboxylic acids is 3. The van der Waals surface area contributed by atoms with Crippen molar-refractivity contribution in [3.63, 3.8) is 0 Å². The summed E-state index contributed by atoms with van der Waals surface area (Å²) < 4.78 is 6.32.